The molecule has 0 radical (unpaired) electrons. The number of morpholine rings is 1. The van der Waals surface area contributed by atoms with Crippen LogP contribution in [0.3, 0.4) is 0 Å². The maximum Gasteiger partial charge on any atom is 0.490 e. The molecule has 25 heteroatoms. The van der Waals surface area contributed by atoms with Crippen LogP contribution in [0.1, 0.15) is 52.4 Å². The van der Waals surface area contributed by atoms with Gasteiger partial charge < -0.3 is 39.9 Å². The van der Waals surface area contributed by atoms with Crippen molar-refractivity contribution in [1.82, 2.24) is 53.5 Å². The Morgan fingerprint density at radius 3 is 1.63 bits per heavy atom. The average Bonchev–Trinajstić information content (AvgIpc) is 4.11. The van der Waals surface area contributed by atoms with E-state index in [-0.39, 0.29) is 34.5 Å². The molecule has 0 saturated carbocycles. The second-order valence-corrected chi connectivity index (χ2v) is 17.6. The number of carbonyl (C=O) groups excluding carboxylic acids is 2. The molecule has 1 fully saturated rings. The first-order valence-electron chi connectivity index (χ1n) is 23.0. The molecule has 20 nitrogen and oxygen atoms in total. The first-order valence-corrected chi connectivity index (χ1v) is 23.8. The number of hydrogen-bond acceptors (Lipinski definition) is 13. The number of nitrogens with two attached hydrogens (primary N) is 2. The maximum absolute atomic E-state index is 12.8. The zero-order chi connectivity index (χ0) is 52.5. The minimum atomic E-state index is -5.08. The van der Waals surface area contributed by atoms with E-state index < -0.39 is 24.0 Å². The van der Waals surface area contributed by atoms with Crippen LogP contribution in [0.25, 0.3) is 66.9 Å². The van der Waals surface area contributed by atoms with Gasteiger partial charge in [-0.25, -0.2) is 24.7 Å². The lowest BCUT2D eigenvalue weighted by Gasteiger charge is -2.26. The van der Waals surface area contributed by atoms with Crippen LogP contribution in [0.5, 0.6) is 11.5 Å². The number of primary amides is 2. The largest absolute Gasteiger partial charge is 0.495 e. The van der Waals surface area contributed by atoms with Gasteiger partial charge in [0.1, 0.15) is 44.5 Å². The van der Waals surface area contributed by atoms with Crippen molar-refractivity contribution in [3.63, 3.8) is 0 Å². The lowest BCUT2D eigenvalue weighted by Crippen LogP contribution is -2.37. The van der Waals surface area contributed by atoms with Crippen LogP contribution in [-0.2, 0) is 35.7 Å². The maximum atomic E-state index is 12.8. The van der Waals surface area contributed by atoms with Crippen LogP contribution in [0.4, 0.5) is 13.2 Å². The van der Waals surface area contributed by atoms with E-state index in [1.807, 2.05) is 70.5 Å². The van der Waals surface area contributed by atoms with E-state index in [0.717, 1.165) is 37.4 Å². The number of halogens is 5. The van der Waals surface area contributed by atoms with Crippen molar-refractivity contribution >= 4 is 84.9 Å². The Balaban J connectivity index is 0.000000948. The lowest BCUT2D eigenvalue weighted by atomic mass is 10.1. The van der Waals surface area contributed by atoms with Crippen molar-refractivity contribution in [2.45, 2.75) is 66.5 Å². The standard InChI is InChI=1S/C46H49Cl2N13O5.C2HF3O2/c1-6-60-31(19-25(3)55-60)43-51-39(47)35-29-21-27(41(49)62)23-33(64-5)37(29)58(45(35)53-43)12-8-9-13-59-38-30(36-40(48)52-44(54-46(36)59)32-20-26(4)56-61(32)7-2)22-28(42(50)63)24-34(38)66-16-10-11-57-14-17-65-18-15-57;3-2(4,5)1(6)7/h8-9,19-24H,6-7,10-18H2,1-5H3,(H2,49,62)(H2,50,63);(H,6,7)/b9-8+;. The Kier molecular flexibility index (Phi) is 15.2. The van der Waals surface area contributed by atoms with Gasteiger partial charge in [-0.3, -0.25) is 23.9 Å². The molecule has 7 heterocycles. The molecule has 2 aromatic carbocycles. The summed E-state index contributed by atoms with van der Waals surface area (Å²) in [4.78, 5) is 56.3. The fourth-order valence-electron chi connectivity index (χ4n) is 8.79. The molecule has 0 unspecified atom stereocenters. The lowest BCUT2D eigenvalue weighted by molar-refractivity contribution is -0.192. The minimum Gasteiger partial charge on any atom is -0.495 e. The fraction of sp³-hybridized carbons (Fsp3) is 0.354. The molecule has 1 saturated heterocycles. The van der Waals surface area contributed by atoms with Gasteiger partial charge in [0.2, 0.25) is 11.8 Å². The number of carboxylic acid groups (broad SMARTS) is 1. The molecular formula is C48H50Cl2F3N13O7. The quantitative estimate of drug-likeness (QED) is 0.0486. The van der Waals surface area contributed by atoms with Gasteiger partial charge in [0.05, 0.1) is 60.1 Å². The average molecular weight is 1050 g/mol. The molecule has 6 aromatic heterocycles. The second-order valence-electron chi connectivity index (χ2n) is 16.9. The number of amides is 2. The highest BCUT2D eigenvalue weighted by Crippen LogP contribution is 2.41. The van der Waals surface area contributed by atoms with Crippen LogP contribution in [0.2, 0.25) is 10.3 Å². The Bertz CT molecular complexity index is 3470. The number of allylic oxidation sites excluding steroid dienone is 2. The number of ether oxygens (including phenoxy) is 3. The Labute approximate surface area is 424 Å². The molecule has 8 aromatic rings. The number of benzene rings is 2. The number of methoxy groups -OCH3 is 1. The third-order valence-corrected chi connectivity index (χ3v) is 12.6. The molecule has 1 aliphatic rings. The summed E-state index contributed by atoms with van der Waals surface area (Å²) in [5.41, 5.74) is 17.6. The highest BCUT2D eigenvalue weighted by molar-refractivity contribution is 6.37. The van der Waals surface area contributed by atoms with Crippen LogP contribution >= 0.6 is 23.2 Å². The number of hydrogen-bond donors (Lipinski definition) is 3. The summed E-state index contributed by atoms with van der Waals surface area (Å²) in [5, 5.41) is 19.1. The molecule has 0 bridgehead atoms. The number of alkyl halides is 3. The van der Waals surface area contributed by atoms with E-state index in [0.29, 0.717) is 111 Å². The third-order valence-electron chi connectivity index (χ3n) is 12.0. The number of carbonyl (C=O) groups is 3. The summed E-state index contributed by atoms with van der Waals surface area (Å²) in [6.45, 7) is 13.9. The summed E-state index contributed by atoms with van der Waals surface area (Å²) < 4.78 is 57.3. The van der Waals surface area contributed by atoms with Gasteiger partial charge in [-0.2, -0.15) is 23.4 Å². The van der Waals surface area contributed by atoms with Gasteiger partial charge >= 0.3 is 12.1 Å². The first-order chi connectivity index (χ1) is 34.8. The van der Waals surface area contributed by atoms with Crippen molar-refractivity contribution in [2.24, 2.45) is 11.5 Å². The van der Waals surface area contributed by atoms with E-state index in [2.05, 4.69) is 15.1 Å². The Morgan fingerprint density at radius 2 is 1.21 bits per heavy atom. The van der Waals surface area contributed by atoms with Gasteiger partial charge in [-0.05, 0) is 70.5 Å². The molecule has 2 amide bonds. The smallest absolute Gasteiger partial charge is 0.490 e. The molecule has 0 spiro atoms. The van der Waals surface area contributed by atoms with Crippen molar-refractivity contribution in [3.05, 3.63) is 81.4 Å². The molecule has 9 rings (SSSR count). The molecule has 1 aliphatic heterocycles. The van der Waals surface area contributed by atoms with E-state index >= 15 is 0 Å². The molecule has 0 atom stereocenters. The van der Waals surface area contributed by atoms with Crippen molar-refractivity contribution in [3.8, 4) is 34.5 Å². The molecule has 73 heavy (non-hydrogen) atoms. The summed E-state index contributed by atoms with van der Waals surface area (Å²) >= 11 is 14.2. The first kappa shape index (κ1) is 52.0. The number of nitrogens with zero attached hydrogens (tertiary/aromatic N) is 11. The Morgan fingerprint density at radius 1 is 0.753 bits per heavy atom. The normalized spacial score (nSPS) is 13.4. The minimum absolute atomic E-state index is 0.193. The third kappa shape index (κ3) is 10.6. The number of fused-ring (bicyclic) bond motifs is 6. The van der Waals surface area contributed by atoms with Gasteiger partial charge in [-0.15, -0.1) is 0 Å². The van der Waals surface area contributed by atoms with Crippen LogP contribution in [0.15, 0.2) is 48.6 Å². The van der Waals surface area contributed by atoms with Crippen molar-refractivity contribution < 1.29 is 46.9 Å². The van der Waals surface area contributed by atoms with Crippen LogP contribution in [-0.4, -0.2) is 129 Å². The predicted octanol–water partition coefficient (Wildman–Crippen LogP) is 7.37. The zero-order valence-corrected chi connectivity index (χ0v) is 41.8. The topological polar surface area (TPSA) is 251 Å². The highest BCUT2D eigenvalue weighted by atomic mass is 35.5. The van der Waals surface area contributed by atoms with E-state index in [1.54, 1.807) is 24.3 Å². The highest BCUT2D eigenvalue weighted by Gasteiger charge is 2.38. The fourth-order valence-corrected chi connectivity index (χ4v) is 9.32. The number of aryl methyl sites for hydroxylation is 4. The number of aromatic nitrogens is 10. The monoisotopic (exact) mass is 1050 g/mol. The Hall–Kier alpha value is -7.34. The summed E-state index contributed by atoms with van der Waals surface area (Å²) in [6, 6.07) is 10.5. The van der Waals surface area contributed by atoms with E-state index in [1.165, 1.54) is 7.11 Å². The van der Waals surface area contributed by atoms with Gasteiger partial charge in [-0.1, -0.05) is 35.4 Å². The van der Waals surface area contributed by atoms with Gasteiger partial charge in [0, 0.05) is 67.7 Å². The summed E-state index contributed by atoms with van der Waals surface area (Å²) in [7, 11) is 1.53. The van der Waals surface area contributed by atoms with E-state index in [4.69, 9.17) is 78.7 Å². The zero-order valence-electron chi connectivity index (χ0n) is 40.3. The van der Waals surface area contributed by atoms with Crippen molar-refractivity contribution in [2.75, 3.05) is 46.6 Å². The molecular weight excluding hydrogens is 999 g/mol. The van der Waals surface area contributed by atoms with E-state index in [9.17, 15) is 22.8 Å². The molecule has 0 aliphatic carbocycles. The van der Waals surface area contributed by atoms with Crippen LogP contribution in [0, 0.1) is 13.8 Å². The predicted molar refractivity (Wildman–Crippen MR) is 267 cm³/mol. The summed E-state index contributed by atoms with van der Waals surface area (Å²) in [6.07, 6.45) is -0.347. The second kappa shape index (κ2) is 21.4. The SMILES string of the molecule is CCn1nc(C)cc1-c1nc(Cl)c2c3cc(C(N)=O)cc(OC)c3n(C/C=C/Cn3c4nc(-c5cc(C)nn5CC)nc(Cl)c4c4cc(C(N)=O)cc(OCCCN5CCOCC5)c43)c2n1.O=C(O)C(F)(F)F. The number of rotatable bonds is 16. The van der Waals surface area contributed by atoms with Crippen molar-refractivity contribution in [1.29, 1.82) is 0 Å². The number of carboxylic acids is 1. The molecule has 384 valence electrons. The summed E-state index contributed by atoms with van der Waals surface area (Å²) in [5.74, 6) is -2.34. The number of aliphatic carboxylic acids is 1. The van der Waals surface area contributed by atoms with Crippen LogP contribution < -0.4 is 20.9 Å². The molecule has 5 N–H and O–H groups in total. The van der Waals surface area contributed by atoms with Gasteiger partial charge in [0.15, 0.2) is 11.6 Å². The van der Waals surface area contributed by atoms with Gasteiger partial charge in [0.25, 0.3) is 0 Å².